The van der Waals surface area contributed by atoms with Crippen LogP contribution < -0.4 is 5.32 Å². The Morgan fingerprint density at radius 1 is 1.29 bits per heavy atom. The van der Waals surface area contributed by atoms with Crippen molar-refractivity contribution in [3.05, 3.63) is 29.3 Å². The van der Waals surface area contributed by atoms with Gasteiger partial charge in [-0.3, -0.25) is 4.79 Å². The standard InChI is InChI=1S/C18H26N2O/c1-3-13-4-7-16(8-5-13)20(2)18(21)15-6-9-17-14(12-15)10-11-19-17/h6,9,12-13,16,19H,3-5,7-8,10-11H2,1-2H3. The van der Waals surface area contributed by atoms with Gasteiger partial charge in [-0.15, -0.1) is 0 Å². The fourth-order valence-electron chi connectivity index (χ4n) is 3.75. The zero-order chi connectivity index (χ0) is 14.8. The van der Waals surface area contributed by atoms with Crippen LogP contribution in [-0.2, 0) is 6.42 Å². The van der Waals surface area contributed by atoms with Gasteiger partial charge in [0.25, 0.3) is 5.91 Å². The van der Waals surface area contributed by atoms with Gasteiger partial charge in [-0.25, -0.2) is 0 Å². The summed E-state index contributed by atoms with van der Waals surface area (Å²) in [5.41, 5.74) is 3.32. The van der Waals surface area contributed by atoms with E-state index in [0.717, 1.165) is 37.3 Å². The number of nitrogens with zero attached hydrogens (tertiary/aromatic N) is 1. The number of fused-ring (bicyclic) bond motifs is 1. The van der Waals surface area contributed by atoms with E-state index in [1.807, 2.05) is 18.0 Å². The molecule has 1 saturated carbocycles. The quantitative estimate of drug-likeness (QED) is 0.919. The Kier molecular flexibility index (Phi) is 4.18. The third-order valence-corrected chi connectivity index (χ3v) is 5.32. The van der Waals surface area contributed by atoms with Crippen molar-refractivity contribution in [3.63, 3.8) is 0 Å². The number of benzene rings is 1. The third kappa shape index (κ3) is 2.92. The summed E-state index contributed by atoms with van der Waals surface area (Å²) in [7, 11) is 1.98. The molecule has 1 amide bonds. The molecule has 1 heterocycles. The summed E-state index contributed by atoms with van der Waals surface area (Å²) in [4.78, 5) is 14.7. The molecule has 1 fully saturated rings. The van der Waals surface area contributed by atoms with Crippen LogP contribution in [0.5, 0.6) is 0 Å². The summed E-state index contributed by atoms with van der Waals surface area (Å²) in [5.74, 6) is 1.06. The van der Waals surface area contributed by atoms with Gasteiger partial charge in [-0.1, -0.05) is 13.3 Å². The number of carbonyl (C=O) groups excluding carboxylic acids is 1. The van der Waals surface area contributed by atoms with Crippen molar-refractivity contribution in [2.45, 2.75) is 51.5 Å². The monoisotopic (exact) mass is 286 g/mol. The molecule has 114 valence electrons. The Hall–Kier alpha value is -1.51. The Morgan fingerprint density at radius 2 is 2.05 bits per heavy atom. The van der Waals surface area contributed by atoms with Crippen molar-refractivity contribution < 1.29 is 4.79 Å². The van der Waals surface area contributed by atoms with Crippen LogP contribution in [0, 0.1) is 5.92 Å². The van der Waals surface area contributed by atoms with Gasteiger partial charge in [0.1, 0.15) is 0 Å². The number of carbonyl (C=O) groups is 1. The summed E-state index contributed by atoms with van der Waals surface area (Å²) < 4.78 is 0. The van der Waals surface area contributed by atoms with Gasteiger partial charge in [0.2, 0.25) is 0 Å². The lowest BCUT2D eigenvalue weighted by atomic mass is 9.84. The largest absolute Gasteiger partial charge is 0.384 e. The van der Waals surface area contributed by atoms with Gasteiger partial charge in [0.05, 0.1) is 0 Å². The van der Waals surface area contributed by atoms with Crippen molar-refractivity contribution >= 4 is 11.6 Å². The molecule has 3 heteroatoms. The summed E-state index contributed by atoms with van der Waals surface area (Å²) in [6, 6.07) is 6.52. The predicted molar refractivity (Wildman–Crippen MR) is 86.8 cm³/mol. The van der Waals surface area contributed by atoms with Gasteiger partial charge < -0.3 is 10.2 Å². The van der Waals surface area contributed by atoms with Crippen LogP contribution in [0.1, 0.15) is 54.9 Å². The van der Waals surface area contributed by atoms with Gasteiger partial charge in [-0.05, 0) is 61.8 Å². The Bertz CT molecular complexity index is 518. The van der Waals surface area contributed by atoms with Crippen molar-refractivity contribution in [2.24, 2.45) is 5.92 Å². The lowest BCUT2D eigenvalue weighted by Gasteiger charge is -2.34. The molecule has 1 aliphatic carbocycles. The maximum Gasteiger partial charge on any atom is 0.253 e. The average molecular weight is 286 g/mol. The highest BCUT2D eigenvalue weighted by Gasteiger charge is 2.26. The first-order chi connectivity index (χ1) is 10.2. The van der Waals surface area contributed by atoms with Gasteiger partial charge >= 0.3 is 0 Å². The first kappa shape index (κ1) is 14.4. The fraction of sp³-hybridized carbons (Fsp3) is 0.611. The maximum atomic E-state index is 12.7. The zero-order valence-corrected chi connectivity index (χ0v) is 13.2. The van der Waals surface area contributed by atoms with E-state index in [0.29, 0.717) is 6.04 Å². The molecule has 0 radical (unpaired) electrons. The lowest BCUT2D eigenvalue weighted by molar-refractivity contribution is 0.0674. The fourth-order valence-corrected chi connectivity index (χ4v) is 3.75. The van der Waals surface area contributed by atoms with Gasteiger partial charge in [-0.2, -0.15) is 0 Å². The number of anilines is 1. The van der Waals surface area contributed by atoms with Gasteiger partial charge in [0, 0.05) is 30.9 Å². The molecule has 1 aromatic carbocycles. The highest BCUT2D eigenvalue weighted by atomic mass is 16.2. The molecule has 0 unspecified atom stereocenters. The van der Waals surface area contributed by atoms with E-state index in [9.17, 15) is 4.79 Å². The smallest absolute Gasteiger partial charge is 0.253 e. The highest BCUT2D eigenvalue weighted by Crippen LogP contribution is 2.30. The van der Waals surface area contributed by atoms with Crippen LogP contribution in [0.25, 0.3) is 0 Å². The molecule has 1 N–H and O–H groups in total. The SMILES string of the molecule is CCC1CCC(N(C)C(=O)c2ccc3c(c2)CCN3)CC1. The summed E-state index contributed by atoms with van der Waals surface area (Å²) >= 11 is 0. The highest BCUT2D eigenvalue weighted by molar-refractivity contribution is 5.95. The minimum Gasteiger partial charge on any atom is -0.384 e. The Balaban J connectivity index is 1.67. The average Bonchev–Trinajstić information content (AvgIpc) is 3.01. The molecule has 1 aromatic rings. The topological polar surface area (TPSA) is 32.3 Å². The molecular weight excluding hydrogens is 260 g/mol. The van der Waals surface area contributed by atoms with E-state index in [1.54, 1.807) is 0 Å². The summed E-state index contributed by atoms with van der Waals surface area (Å²) in [5, 5.41) is 3.35. The second-order valence-corrected chi connectivity index (χ2v) is 6.55. The Morgan fingerprint density at radius 3 is 2.76 bits per heavy atom. The molecule has 1 aliphatic heterocycles. The van der Waals surface area contributed by atoms with Crippen LogP contribution >= 0.6 is 0 Å². The van der Waals surface area contributed by atoms with E-state index in [-0.39, 0.29) is 5.91 Å². The van der Waals surface area contributed by atoms with Crippen molar-refractivity contribution in [1.29, 1.82) is 0 Å². The van der Waals surface area contributed by atoms with Crippen molar-refractivity contribution in [1.82, 2.24) is 4.90 Å². The molecule has 2 aliphatic rings. The number of nitrogens with one attached hydrogen (secondary N) is 1. The van der Waals surface area contributed by atoms with Crippen LogP contribution in [-0.4, -0.2) is 30.4 Å². The molecule has 0 atom stereocenters. The molecule has 0 spiro atoms. The number of amides is 1. The lowest BCUT2D eigenvalue weighted by Crippen LogP contribution is -2.39. The van der Waals surface area contributed by atoms with Crippen LogP contribution in [0.4, 0.5) is 5.69 Å². The number of hydrogen-bond acceptors (Lipinski definition) is 2. The summed E-state index contributed by atoms with van der Waals surface area (Å²) in [6.45, 7) is 3.27. The maximum absolute atomic E-state index is 12.7. The van der Waals surface area contributed by atoms with E-state index < -0.39 is 0 Å². The minimum atomic E-state index is 0.185. The normalized spacial score (nSPS) is 24.3. The first-order valence-electron chi connectivity index (χ1n) is 8.33. The molecule has 0 aromatic heterocycles. The molecule has 0 bridgehead atoms. The van der Waals surface area contributed by atoms with E-state index >= 15 is 0 Å². The molecule has 3 nitrogen and oxygen atoms in total. The molecule has 21 heavy (non-hydrogen) atoms. The predicted octanol–water partition coefficient (Wildman–Crippen LogP) is 3.70. The Labute approximate surface area is 127 Å². The molecule has 3 rings (SSSR count). The number of hydrogen-bond donors (Lipinski definition) is 1. The minimum absolute atomic E-state index is 0.185. The van der Waals surface area contributed by atoms with Gasteiger partial charge in [0.15, 0.2) is 0 Å². The summed E-state index contributed by atoms with van der Waals surface area (Å²) in [6.07, 6.45) is 7.17. The van der Waals surface area contributed by atoms with E-state index in [4.69, 9.17) is 0 Å². The van der Waals surface area contributed by atoms with Crippen LogP contribution in [0.15, 0.2) is 18.2 Å². The molecule has 0 saturated heterocycles. The number of rotatable bonds is 3. The van der Waals surface area contributed by atoms with Crippen LogP contribution in [0.2, 0.25) is 0 Å². The van der Waals surface area contributed by atoms with Crippen LogP contribution in [0.3, 0.4) is 0 Å². The first-order valence-corrected chi connectivity index (χ1v) is 8.33. The van der Waals surface area contributed by atoms with Crippen molar-refractivity contribution in [2.75, 3.05) is 18.9 Å². The van der Waals surface area contributed by atoms with E-state index in [1.165, 1.54) is 30.5 Å². The van der Waals surface area contributed by atoms with E-state index in [2.05, 4.69) is 24.4 Å². The zero-order valence-electron chi connectivity index (χ0n) is 13.2. The molecular formula is C18H26N2O. The second kappa shape index (κ2) is 6.08. The van der Waals surface area contributed by atoms with Crippen molar-refractivity contribution in [3.8, 4) is 0 Å². The second-order valence-electron chi connectivity index (χ2n) is 6.55. The third-order valence-electron chi connectivity index (χ3n) is 5.32.